The van der Waals surface area contributed by atoms with Crippen LogP contribution in [0.25, 0.3) is 0 Å². The molecule has 2 aliphatic heterocycles. The molecule has 2 heterocycles. The summed E-state index contributed by atoms with van der Waals surface area (Å²) in [7, 11) is 0. The maximum Gasteiger partial charge on any atom is 0.262 e. The number of amides is 2. The summed E-state index contributed by atoms with van der Waals surface area (Å²) in [5, 5.41) is 7.94. The Bertz CT molecular complexity index is 612. The van der Waals surface area contributed by atoms with Crippen LogP contribution in [0.2, 0.25) is 0 Å². The molecule has 0 radical (unpaired) electrons. The number of carbonyl (C=O) groups excluding carboxylic acids is 2. The highest BCUT2D eigenvalue weighted by Gasteiger charge is 2.42. The Kier molecular flexibility index (Phi) is 5.21. The van der Waals surface area contributed by atoms with Crippen LogP contribution in [0.15, 0.2) is 24.3 Å². The Morgan fingerprint density at radius 2 is 2.13 bits per heavy atom. The van der Waals surface area contributed by atoms with Crippen LogP contribution in [-0.2, 0) is 9.59 Å². The molecule has 0 spiro atoms. The Morgan fingerprint density at radius 1 is 1.35 bits per heavy atom. The molecule has 1 aromatic carbocycles. The minimum absolute atomic E-state index is 0. The van der Waals surface area contributed by atoms with Gasteiger partial charge in [-0.3, -0.25) is 14.9 Å². The van der Waals surface area contributed by atoms with Crippen LogP contribution in [-0.4, -0.2) is 36.9 Å². The summed E-state index contributed by atoms with van der Waals surface area (Å²) in [6, 6.07) is 6.29. The number of benzene rings is 1. The van der Waals surface area contributed by atoms with Gasteiger partial charge in [0.2, 0.25) is 11.8 Å². The van der Waals surface area contributed by atoms with Crippen molar-refractivity contribution in [1.82, 2.24) is 10.6 Å². The van der Waals surface area contributed by atoms with Crippen LogP contribution in [0.1, 0.15) is 24.3 Å². The summed E-state index contributed by atoms with van der Waals surface area (Å²) < 4.78 is 26.2. The van der Waals surface area contributed by atoms with Gasteiger partial charge in [-0.1, -0.05) is 12.1 Å². The van der Waals surface area contributed by atoms with E-state index in [0.29, 0.717) is 18.7 Å². The second-order valence-electron chi connectivity index (χ2n) is 5.81. The van der Waals surface area contributed by atoms with Crippen LogP contribution in [0, 0.1) is 0 Å². The smallest absolute Gasteiger partial charge is 0.262 e. The van der Waals surface area contributed by atoms with E-state index in [1.54, 1.807) is 18.2 Å². The zero-order valence-electron chi connectivity index (χ0n) is 12.3. The van der Waals surface area contributed by atoms with Crippen molar-refractivity contribution in [3.05, 3.63) is 29.8 Å². The lowest BCUT2D eigenvalue weighted by atomic mass is 9.98. The van der Waals surface area contributed by atoms with Gasteiger partial charge >= 0.3 is 0 Å². The van der Waals surface area contributed by atoms with Gasteiger partial charge in [0.1, 0.15) is 0 Å². The number of hydrogen-bond donors (Lipinski definition) is 3. The molecular formula is C15H18ClF2N3O2. The first kappa shape index (κ1) is 17.6. The van der Waals surface area contributed by atoms with Crippen LogP contribution < -0.4 is 16.0 Å². The van der Waals surface area contributed by atoms with Crippen LogP contribution in [0.4, 0.5) is 14.5 Å². The molecule has 1 aromatic rings. The molecule has 0 saturated carbocycles. The van der Waals surface area contributed by atoms with E-state index < -0.39 is 30.8 Å². The largest absolute Gasteiger partial charge is 0.355 e. The number of nitrogens with one attached hydrogen (secondary N) is 3. The number of halogens is 3. The summed E-state index contributed by atoms with van der Waals surface area (Å²) in [5.41, 5.74) is 1.50. The molecule has 2 fully saturated rings. The number of rotatable bonds is 3. The normalized spacial score (nSPS) is 25.6. The highest BCUT2D eigenvalue weighted by Crippen LogP contribution is 2.27. The molecule has 0 aromatic heterocycles. The van der Waals surface area contributed by atoms with Gasteiger partial charge in [-0.25, -0.2) is 8.78 Å². The lowest BCUT2D eigenvalue weighted by molar-refractivity contribution is -0.119. The Balaban J connectivity index is 0.00000192. The summed E-state index contributed by atoms with van der Waals surface area (Å²) in [4.78, 5) is 23.3. The molecular weight excluding hydrogens is 328 g/mol. The summed E-state index contributed by atoms with van der Waals surface area (Å²) in [6.45, 7) is 0.105. The lowest BCUT2D eigenvalue weighted by Crippen LogP contribution is -2.35. The molecule has 2 saturated heterocycles. The van der Waals surface area contributed by atoms with E-state index in [2.05, 4.69) is 16.0 Å². The van der Waals surface area contributed by atoms with E-state index in [-0.39, 0.29) is 24.2 Å². The van der Waals surface area contributed by atoms with Crippen LogP contribution in [0.3, 0.4) is 0 Å². The molecule has 3 N–H and O–H groups in total. The first-order chi connectivity index (χ1) is 10.4. The average molecular weight is 346 g/mol. The van der Waals surface area contributed by atoms with Gasteiger partial charge in [0.25, 0.3) is 5.92 Å². The van der Waals surface area contributed by atoms with Gasteiger partial charge in [-0.2, -0.15) is 0 Å². The van der Waals surface area contributed by atoms with Crippen LogP contribution >= 0.6 is 12.4 Å². The van der Waals surface area contributed by atoms with E-state index in [1.165, 1.54) is 0 Å². The molecule has 2 aliphatic rings. The fraction of sp³-hybridized carbons (Fsp3) is 0.467. The van der Waals surface area contributed by atoms with E-state index in [0.717, 1.165) is 5.56 Å². The predicted molar refractivity (Wildman–Crippen MR) is 84.0 cm³/mol. The molecule has 0 bridgehead atoms. The van der Waals surface area contributed by atoms with Crippen molar-refractivity contribution in [2.45, 2.75) is 30.7 Å². The quantitative estimate of drug-likeness (QED) is 0.780. The summed E-state index contributed by atoms with van der Waals surface area (Å²) in [5.74, 6) is -3.20. The fourth-order valence-electron chi connectivity index (χ4n) is 2.84. The van der Waals surface area contributed by atoms with Crippen molar-refractivity contribution >= 4 is 29.9 Å². The van der Waals surface area contributed by atoms with Gasteiger partial charge in [0, 0.05) is 31.0 Å². The molecule has 5 nitrogen and oxygen atoms in total. The maximum absolute atomic E-state index is 13.1. The second-order valence-corrected chi connectivity index (χ2v) is 5.81. The van der Waals surface area contributed by atoms with Gasteiger partial charge in [0.05, 0.1) is 12.6 Å². The minimum atomic E-state index is -2.83. The van der Waals surface area contributed by atoms with Crippen molar-refractivity contribution < 1.29 is 18.4 Å². The second kappa shape index (κ2) is 6.80. The molecule has 2 amide bonds. The Hall–Kier alpha value is -1.73. The average Bonchev–Trinajstić information content (AvgIpc) is 3.05. The topological polar surface area (TPSA) is 70.2 Å². The predicted octanol–water partition coefficient (Wildman–Crippen LogP) is 1.65. The van der Waals surface area contributed by atoms with Crippen molar-refractivity contribution in [3.63, 3.8) is 0 Å². The first-order valence-corrected chi connectivity index (χ1v) is 7.22. The molecule has 3 rings (SSSR count). The Morgan fingerprint density at radius 3 is 2.74 bits per heavy atom. The van der Waals surface area contributed by atoms with Crippen molar-refractivity contribution in [1.29, 1.82) is 0 Å². The minimum Gasteiger partial charge on any atom is -0.355 e. The lowest BCUT2D eigenvalue weighted by Gasteiger charge is -2.13. The van der Waals surface area contributed by atoms with Crippen molar-refractivity contribution in [3.8, 4) is 0 Å². The van der Waals surface area contributed by atoms with E-state index in [9.17, 15) is 18.4 Å². The van der Waals surface area contributed by atoms with E-state index in [1.807, 2.05) is 6.07 Å². The Labute approximate surface area is 138 Å². The number of anilines is 1. The van der Waals surface area contributed by atoms with Gasteiger partial charge in [0.15, 0.2) is 0 Å². The third-order valence-corrected chi connectivity index (χ3v) is 4.03. The number of alkyl halides is 2. The molecule has 0 aliphatic carbocycles. The fourth-order valence-corrected chi connectivity index (χ4v) is 2.84. The highest BCUT2D eigenvalue weighted by atomic mass is 35.5. The SMILES string of the molecule is Cl.O=C1CC(c2cccc(NC(=O)C3CC(F)(F)CN3)c2)CN1. The van der Waals surface area contributed by atoms with Crippen molar-refractivity contribution in [2.24, 2.45) is 0 Å². The van der Waals surface area contributed by atoms with Gasteiger partial charge in [-0.05, 0) is 17.7 Å². The van der Waals surface area contributed by atoms with Crippen LogP contribution in [0.5, 0.6) is 0 Å². The molecule has 8 heteroatoms. The summed E-state index contributed by atoms with van der Waals surface area (Å²) in [6.07, 6.45) is -0.0621. The maximum atomic E-state index is 13.1. The van der Waals surface area contributed by atoms with Crippen molar-refractivity contribution in [2.75, 3.05) is 18.4 Å². The molecule has 23 heavy (non-hydrogen) atoms. The highest BCUT2D eigenvalue weighted by molar-refractivity contribution is 5.95. The number of carbonyl (C=O) groups is 2. The van der Waals surface area contributed by atoms with E-state index in [4.69, 9.17) is 0 Å². The zero-order valence-corrected chi connectivity index (χ0v) is 13.1. The third-order valence-electron chi connectivity index (χ3n) is 4.03. The molecule has 2 atom stereocenters. The van der Waals surface area contributed by atoms with Gasteiger partial charge in [-0.15, -0.1) is 12.4 Å². The van der Waals surface area contributed by atoms with Gasteiger partial charge < -0.3 is 10.6 Å². The molecule has 2 unspecified atom stereocenters. The zero-order chi connectivity index (χ0) is 15.7. The third kappa shape index (κ3) is 4.17. The monoisotopic (exact) mass is 345 g/mol. The van der Waals surface area contributed by atoms with E-state index >= 15 is 0 Å². The standard InChI is InChI=1S/C15H17F2N3O2.ClH/c16-15(17)6-12(19-8-15)14(22)20-11-3-1-2-9(4-11)10-5-13(21)18-7-10;/h1-4,10,12,19H,5-8H2,(H,18,21)(H,20,22);1H. The molecule has 126 valence electrons. The first-order valence-electron chi connectivity index (χ1n) is 7.22. The number of hydrogen-bond acceptors (Lipinski definition) is 3. The summed E-state index contributed by atoms with van der Waals surface area (Å²) >= 11 is 0.